The van der Waals surface area contributed by atoms with Crippen LogP contribution in [0.3, 0.4) is 0 Å². The van der Waals surface area contributed by atoms with Gasteiger partial charge in [0.25, 0.3) is 0 Å². The number of ether oxygens (including phenoxy) is 4. The molecule has 3 rings (SSSR count). The molecule has 2 aliphatic heterocycles. The van der Waals surface area contributed by atoms with E-state index in [0.717, 1.165) is 11.1 Å². The van der Waals surface area contributed by atoms with Crippen molar-refractivity contribution in [2.24, 2.45) is 5.41 Å². The summed E-state index contributed by atoms with van der Waals surface area (Å²) in [6, 6.07) is 0. The minimum Gasteiger partial charge on any atom is -0.394 e. The van der Waals surface area contributed by atoms with E-state index >= 15 is 0 Å². The molecule has 0 unspecified atom stereocenters. The van der Waals surface area contributed by atoms with E-state index in [0.29, 0.717) is 12.8 Å². The van der Waals surface area contributed by atoms with Gasteiger partial charge < -0.3 is 59.8 Å². The van der Waals surface area contributed by atoms with Crippen molar-refractivity contribution in [3.05, 3.63) is 23.3 Å². The van der Waals surface area contributed by atoms with Crippen molar-refractivity contribution in [1.82, 2.24) is 0 Å². The van der Waals surface area contributed by atoms with Gasteiger partial charge in [-0.15, -0.1) is 0 Å². The number of hydrogen-bond acceptors (Lipinski definition) is 12. The SMILES string of the molecule is CC1=C(/C=C/[C@@H](C)O[C@@H]2O[C@H](CO)[C@@H](O)[C@H](O)[C@H]2O)C(C)(C)C[C@@H](O[C@@H]2O[C@H](CO)[C@@H](O)[C@H](O)[C@H]2O)C1. The van der Waals surface area contributed by atoms with Crippen LogP contribution in [-0.4, -0.2) is 128 Å². The lowest BCUT2D eigenvalue weighted by Gasteiger charge is -2.43. The quantitative estimate of drug-likeness (QED) is 0.172. The van der Waals surface area contributed by atoms with Crippen LogP contribution in [0, 0.1) is 5.41 Å². The summed E-state index contributed by atoms with van der Waals surface area (Å²) < 4.78 is 22.6. The van der Waals surface area contributed by atoms with Crippen molar-refractivity contribution >= 4 is 0 Å². The van der Waals surface area contributed by atoms with Gasteiger partial charge in [0.1, 0.15) is 48.8 Å². The predicted molar refractivity (Wildman–Crippen MR) is 128 cm³/mol. The zero-order chi connectivity index (χ0) is 27.7. The minimum absolute atomic E-state index is 0.351. The van der Waals surface area contributed by atoms with E-state index in [-0.39, 0.29) is 11.5 Å². The van der Waals surface area contributed by atoms with E-state index in [2.05, 4.69) is 0 Å². The summed E-state index contributed by atoms with van der Waals surface area (Å²) >= 11 is 0. The fourth-order valence-corrected chi connectivity index (χ4v) is 5.28. The molecule has 37 heavy (non-hydrogen) atoms. The lowest BCUT2D eigenvalue weighted by molar-refractivity contribution is -0.313. The van der Waals surface area contributed by atoms with Gasteiger partial charge in [-0.05, 0) is 37.7 Å². The number of allylic oxidation sites excluding steroid dienone is 2. The van der Waals surface area contributed by atoms with Crippen LogP contribution < -0.4 is 0 Å². The smallest absolute Gasteiger partial charge is 0.187 e. The van der Waals surface area contributed by atoms with E-state index in [1.807, 2.05) is 26.8 Å². The molecule has 0 saturated carbocycles. The number of aliphatic hydroxyl groups is 8. The summed E-state index contributed by atoms with van der Waals surface area (Å²) in [5, 5.41) is 79.2. The molecule has 0 aromatic heterocycles. The molecule has 0 spiro atoms. The van der Waals surface area contributed by atoms with Crippen LogP contribution in [-0.2, 0) is 18.9 Å². The van der Waals surface area contributed by atoms with Crippen molar-refractivity contribution in [3.8, 4) is 0 Å². The first-order chi connectivity index (χ1) is 17.3. The molecule has 12 nitrogen and oxygen atoms in total. The summed E-state index contributed by atoms with van der Waals surface area (Å²) in [6.45, 7) is 6.67. The van der Waals surface area contributed by atoms with Crippen LogP contribution in [0.15, 0.2) is 23.3 Å². The number of aliphatic hydroxyl groups excluding tert-OH is 8. The van der Waals surface area contributed by atoms with Crippen LogP contribution in [0.4, 0.5) is 0 Å². The lowest BCUT2D eigenvalue weighted by Crippen LogP contribution is -2.59. The molecular formula is C25H42O12. The Balaban J connectivity index is 1.64. The number of rotatable bonds is 8. The zero-order valence-electron chi connectivity index (χ0n) is 21.6. The standard InChI is InChI=1S/C25H42O12/c1-11-7-13(35-24-22(33)20(31)18(29)16(10-27)37-24)8-25(3,4)14(11)6-5-12(2)34-23-21(32)19(30)17(28)15(9-26)36-23/h5-6,12-13,15-24,26-33H,7-10H2,1-4H3/b6-5+/t12-,13+,15-,16-,17-,18-,19+,20+,21-,22-,23-,24-/m1/s1. The van der Waals surface area contributed by atoms with E-state index in [4.69, 9.17) is 18.9 Å². The van der Waals surface area contributed by atoms with Gasteiger partial charge in [-0.3, -0.25) is 0 Å². The lowest BCUT2D eigenvalue weighted by atomic mass is 9.71. The fourth-order valence-electron chi connectivity index (χ4n) is 5.28. The van der Waals surface area contributed by atoms with Crippen LogP contribution in [0.25, 0.3) is 0 Å². The maximum atomic E-state index is 10.3. The van der Waals surface area contributed by atoms with Crippen molar-refractivity contribution in [2.75, 3.05) is 13.2 Å². The molecule has 0 amide bonds. The third-order valence-corrected chi connectivity index (χ3v) is 7.37. The van der Waals surface area contributed by atoms with E-state index in [1.165, 1.54) is 0 Å². The van der Waals surface area contributed by atoms with Gasteiger partial charge in [0.05, 0.1) is 25.4 Å². The molecule has 0 bridgehead atoms. The molecule has 2 fully saturated rings. The molecule has 8 N–H and O–H groups in total. The van der Waals surface area contributed by atoms with Crippen molar-refractivity contribution in [3.63, 3.8) is 0 Å². The molecular weight excluding hydrogens is 492 g/mol. The Labute approximate surface area is 216 Å². The second-order valence-corrected chi connectivity index (χ2v) is 10.8. The molecule has 12 heteroatoms. The normalized spacial score (nSPS) is 43.8. The Morgan fingerprint density at radius 2 is 1.38 bits per heavy atom. The summed E-state index contributed by atoms with van der Waals surface area (Å²) in [4.78, 5) is 0. The highest BCUT2D eigenvalue weighted by Crippen LogP contribution is 2.43. The van der Waals surface area contributed by atoms with E-state index in [9.17, 15) is 40.9 Å². The van der Waals surface area contributed by atoms with Crippen molar-refractivity contribution in [2.45, 2.75) is 114 Å². The third kappa shape index (κ3) is 6.78. The van der Waals surface area contributed by atoms with Crippen LogP contribution >= 0.6 is 0 Å². The minimum atomic E-state index is -1.52. The fraction of sp³-hybridized carbons (Fsp3) is 0.840. The second kappa shape index (κ2) is 12.5. The highest BCUT2D eigenvalue weighted by molar-refractivity contribution is 5.34. The molecule has 2 saturated heterocycles. The Kier molecular flexibility index (Phi) is 10.3. The Hall–Kier alpha value is -1.00. The van der Waals surface area contributed by atoms with E-state index < -0.39 is 80.7 Å². The molecule has 3 aliphatic rings. The summed E-state index contributed by atoms with van der Waals surface area (Å²) in [5.41, 5.74) is 1.69. The highest BCUT2D eigenvalue weighted by Gasteiger charge is 2.46. The first-order valence-electron chi connectivity index (χ1n) is 12.6. The largest absolute Gasteiger partial charge is 0.394 e. The maximum Gasteiger partial charge on any atom is 0.187 e. The summed E-state index contributed by atoms with van der Waals surface area (Å²) in [5.74, 6) is 0. The third-order valence-electron chi connectivity index (χ3n) is 7.37. The maximum absolute atomic E-state index is 10.3. The topological polar surface area (TPSA) is 199 Å². The summed E-state index contributed by atoms with van der Waals surface area (Å²) in [6.07, 6.45) is -9.55. The highest BCUT2D eigenvalue weighted by atomic mass is 16.7. The van der Waals surface area contributed by atoms with Gasteiger partial charge in [-0.25, -0.2) is 0 Å². The Morgan fingerprint density at radius 1 is 0.865 bits per heavy atom. The first-order valence-corrected chi connectivity index (χ1v) is 12.6. The van der Waals surface area contributed by atoms with Crippen molar-refractivity contribution < 1.29 is 59.8 Å². The molecule has 2 heterocycles. The second-order valence-electron chi connectivity index (χ2n) is 10.8. The van der Waals surface area contributed by atoms with Gasteiger partial charge in [0, 0.05) is 0 Å². The first kappa shape index (κ1) is 30.5. The van der Waals surface area contributed by atoms with Crippen molar-refractivity contribution in [1.29, 1.82) is 0 Å². The molecule has 0 radical (unpaired) electrons. The van der Waals surface area contributed by atoms with Gasteiger partial charge in [0.2, 0.25) is 0 Å². The van der Waals surface area contributed by atoms with Gasteiger partial charge in [-0.1, -0.05) is 31.6 Å². The van der Waals surface area contributed by atoms with Gasteiger partial charge in [0.15, 0.2) is 12.6 Å². The van der Waals surface area contributed by atoms with Crippen LogP contribution in [0.5, 0.6) is 0 Å². The average molecular weight is 535 g/mol. The molecule has 214 valence electrons. The number of hydrogen-bond donors (Lipinski definition) is 8. The molecule has 0 aromatic rings. The van der Waals surface area contributed by atoms with E-state index in [1.54, 1.807) is 13.0 Å². The van der Waals surface area contributed by atoms with Gasteiger partial charge in [-0.2, -0.15) is 0 Å². The summed E-state index contributed by atoms with van der Waals surface area (Å²) in [7, 11) is 0. The average Bonchev–Trinajstić information content (AvgIpc) is 2.83. The van der Waals surface area contributed by atoms with Crippen LogP contribution in [0.1, 0.15) is 40.5 Å². The predicted octanol–water partition coefficient (Wildman–Crippen LogP) is -1.93. The monoisotopic (exact) mass is 534 g/mol. The Bertz CT molecular complexity index is 811. The van der Waals surface area contributed by atoms with Crippen LogP contribution in [0.2, 0.25) is 0 Å². The Morgan fingerprint density at radius 3 is 1.89 bits per heavy atom. The van der Waals surface area contributed by atoms with Gasteiger partial charge >= 0.3 is 0 Å². The molecule has 1 aliphatic carbocycles. The molecule has 0 aromatic carbocycles. The zero-order valence-corrected chi connectivity index (χ0v) is 21.6. The molecule has 12 atom stereocenters.